The summed E-state index contributed by atoms with van der Waals surface area (Å²) in [6.07, 6.45) is 4.66. The van der Waals surface area contributed by atoms with Crippen LogP contribution in [0.4, 0.5) is 0 Å². The number of carbonyl (C=O) groups is 1. The molecule has 7 heteroatoms. The summed E-state index contributed by atoms with van der Waals surface area (Å²) in [7, 11) is 1.56. The lowest BCUT2D eigenvalue weighted by atomic mass is 9.92. The van der Waals surface area contributed by atoms with Crippen LogP contribution in [0.3, 0.4) is 0 Å². The Morgan fingerprint density at radius 2 is 2.52 bits per heavy atom. The summed E-state index contributed by atoms with van der Waals surface area (Å²) in [4.78, 5) is 12.1. The number of amides is 1. The molecule has 2 rings (SSSR count). The SMILES string of the molecule is COC(CN)CC(=O)NC1CCCc2c1cnn2CCO. The third kappa shape index (κ3) is 3.81. The zero-order chi connectivity index (χ0) is 15.2. The van der Waals surface area contributed by atoms with Gasteiger partial charge in [-0.25, -0.2) is 0 Å². The van der Waals surface area contributed by atoms with Crippen LogP contribution in [0.25, 0.3) is 0 Å². The summed E-state index contributed by atoms with van der Waals surface area (Å²) >= 11 is 0. The van der Waals surface area contributed by atoms with E-state index in [0.717, 1.165) is 30.5 Å². The molecule has 0 aliphatic heterocycles. The van der Waals surface area contributed by atoms with E-state index in [-0.39, 0.29) is 31.1 Å². The fourth-order valence-corrected chi connectivity index (χ4v) is 2.78. The molecule has 4 N–H and O–H groups in total. The molecule has 1 heterocycles. The summed E-state index contributed by atoms with van der Waals surface area (Å²) in [5.74, 6) is -0.0555. The van der Waals surface area contributed by atoms with Gasteiger partial charge >= 0.3 is 0 Å². The highest BCUT2D eigenvalue weighted by Crippen LogP contribution is 2.29. The molecule has 2 atom stereocenters. The van der Waals surface area contributed by atoms with Crippen molar-refractivity contribution in [3.8, 4) is 0 Å². The fourth-order valence-electron chi connectivity index (χ4n) is 2.78. The number of fused-ring (bicyclic) bond motifs is 1. The number of carbonyl (C=O) groups excluding carboxylic acids is 1. The van der Waals surface area contributed by atoms with Crippen molar-refractivity contribution in [2.75, 3.05) is 20.3 Å². The minimum absolute atomic E-state index is 0.0102. The number of nitrogens with one attached hydrogen (secondary N) is 1. The maximum absolute atomic E-state index is 12.1. The standard InChI is InChI=1S/C14H24N4O3/c1-21-10(8-15)7-14(20)17-12-3-2-4-13-11(12)9-16-18(13)5-6-19/h9-10,12,19H,2-8,15H2,1H3,(H,17,20). The number of aliphatic hydroxyl groups is 1. The van der Waals surface area contributed by atoms with Crippen LogP contribution < -0.4 is 11.1 Å². The van der Waals surface area contributed by atoms with Gasteiger partial charge in [0, 0.05) is 24.9 Å². The Balaban J connectivity index is 2.01. The summed E-state index contributed by atoms with van der Waals surface area (Å²) in [5.41, 5.74) is 7.71. The van der Waals surface area contributed by atoms with Crippen molar-refractivity contribution in [3.05, 3.63) is 17.5 Å². The Morgan fingerprint density at radius 3 is 3.19 bits per heavy atom. The fraction of sp³-hybridized carbons (Fsp3) is 0.714. The average Bonchev–Trinajstić information content (AvgIpc) is 2.89. The molecule has 1 amide bonds. The predicted octanol–water partition coefficient (Wildman–Crippen LogP) is -0.267. The van der Waals surface area contributed by atoms with E-state index in [0.29, 0.717) is 13.1 Å². The first kappa shape index (κ1) is 15.9. The molecule has 1 aliphatic carbocycles. The van der Waals surface area contributed by atoms with Crippen molar-refractivity contribution in [1.82, 2.24) is 15.1 Å². The molecule has 1 aromatic rings. The Kier molecular flexibility index (Phi) is 5.72. The molecule has 0 bridgehead atoms. The number of hydrogen-bond donors (Lipinski definition) is 3. The second-order valence-electron chi connectivity index (χ2n) is 5.30. The number of nitrogens with two attached hydrogens (primary N) is 1. The van der Waals surface area contributed by atoms with Crippen LogP contribution >= 0.6 is 0 Å². The normalized spacial score (nSPS) is 19.1. The molecule has 2 unspecified atom stereocenters. The number of ether oxygens (including phenoxy) is 1. The third-order valence-electron chi connectivity index (χ3n) is 3.92. The van der Waals surface area contributed by atoms with Gasteiger partial charge in [0.15, 0.2) is 0 Å². The lowest BCUT2D eigenvalue weighted by Crippen LogP contribution is -2.35. The predicted molar refractivity (Wildman–Crippen MR) is 77.6 cm³/mol. The highest BCUT2D eigenvalue weighted by molar-refractivity contribution is 5.77. The van der Waals surface area contributed by atoms with Crippen LogP contribution in [0, 0.1) is 0 Å². The smallest absolute Gasteiger partial charge is 0.223 e. The third-order valence-corrected chi connectivity index (χ3v) is 3.92. The molecule has 118 valence electrons. The van der Waals surface area contributed by atoms with Crippen LogP contribution in [0.15, 0.2) is 6.20 Å². The highest BCUT2D eigenvalue weighted by atomic mass is 16.5. The van der Waals surface area contributed by atoms with Crippen molar-refractivity contribution < 1.29 is 14.6 Å². The van der Waals surface area contributed by atoms with Crippen LogP contribution in [0.1, 0.15) is 36.6 Å². The number of aromatic nitrogens is 2. The molecule has 0 fully saturated rings. The van der Waals surface area contributed by atoms with E-state index in [1.54, 1.807) is 13.3 Å². The van der Waals surface area contributed by atoms with Gasteiger partial charge in [-0.15, -0.1) is 0 Å². The minimum atomic E-state index is -0.245. The van der Waals surface area contributed by atoms with Gasteiger partial charge in [-0.1, -0.05) is 0 Å². The molecule has 1 aliphatic rings. The van der Waals surface area contributed by atoms with E-state index in [2.05, 4.69) is 10.4 Å². The number of aliphatic hydroxyl groups excluding tert-OH is 1. The first-order valence-corrected chi connectivity index (χ1v) is 7.37. The van der Waals surface area contributed by atoms with E-state index >= 15 is 0 Å². The van der Waals surface area contributed by atoms with Gasteiger partial charge in [-0.3, -0.25) is 9.48 Å². The van der Waals surface area contributed by atoms with E-state index in [1.807, 2.05) is 4.68 Å². The quantitative estimate of drug-likeness (QED) is 0.643. The van der Waals surface area contributed by atoms with Gasteiger partial charge in [0.2, 0.25) is 5.91 Å². The topological polar surface area (TPSA) is 102 Å². The largest absolute Gasteiger partial charge is 0.394 e. The molecule has 0 aromatic carbocycles. The van der Waals surface area contributed by atoms with Crippen LogP contribution in [0.2, 0.25) is 0 Å². The van der Waals surface area contributed by atoms with Gasteiger partial charge in [-0.2, -0.15) is 5.10 Å². The number of nitrogens with zero attached hydrogens (tertiary/aromatic N) is 2. The van der Waals surface area contributed by atoms with Crippen molar-refractivity contribution in [2.45, 2.75) is 44.4 Å². The van der Waals surface area contributed by atoms with Gasteiger partial charge in [0.1, 0.15) is 0 Å². The zero-order valence-corrected chi connectivity index (χ0v) is 12.4. The molecular weight excluding hydrogens is 272 g/mol. The molecule has 0 spiro atoms. The first-order valence-electron chi connectivity index (χ1n) is 7.37. The molecule has 1 aromatic heterocycles. The summed E-state index contributed by atoms with van der Waals surface area (Å²) < 4.78 is 6.96. The molecule has 0 radical (unpaired) electrons. The lowest BCUT2D eigenvalue weighted by Gasteiger charge is -2.25. The Labute approximate surface area is 124 Å². The summed E-state index contributed by atoms with van der Waals surface area (Å²) in [5, 5.41) is 16.4. The van der Waals surface area contributed by atoms with E-state index in [1.165, 1.54) is 0 Å². The van der Waals surface area contributed by atoms with E-state index < -0.39 is 0 Å². The van der Waals surface area contributed by atoms with Gasteiger partial charge in [0.05, 0.1) is 37.9 Å². The average molecular weight is 296 g/mol. The number of hydrogen-bond acceptors (Lipinski definition) is 5. The van der Waals surface area contributed by atoms with Crippen LogP contribution in [-0.4, -0.2) is 47.2 Å². The van der Waals surface area contributed by atoms with Crippen LogP contribution in [-0.2, 0) is 22.5 Å². The molecular formula is C14H24N4O3. The molecule has 0 saturated carbocycles. The van der Waals surface area contributed by atoms with Crippen molar-refractivity contribution in [3.63, 3.8) is 0 Å². The van der Waals surface area contributed by atoms with Crippen LogP contribution in [0.5, 0.6) is 0 Å². The van der Waals surface area contributed by atoms with Crippen molar-refractivity contribution in [1.29, 1.82) is 0 Å². The van der Waals surface area contributed by atoms with Gasteiger partial charge < -0.3 is 20.9 Å². The monoisotopic (exact) mass is 296 g/mol. The van der Waals surface area contributed by atoms with E-state index in [4.69, 9.17) is 15.6 Å². The summed E-state index contributed by atoms with van der Waals surface area (Å²) in [6.45, 7) is 0.889. The summed E-state index contributed by atoms with van der Waals surface area (Å²) in [6, 6.07) is -0.0102. The second kappa shape index (κ2) is 7.53. The van der Waals surface area contributed by atoms with E-state index in [9.17, 15) is 4.79 Å². The van der Waals surface area contributed by atoms with Crippen molar-refractivity contribution in [2.24, 2.45) is 5.73 Å². The molecule has 7 nitrogen and oxygen atoms in total. The Morgan fingerprint density at radius 1 is 1.71 bits per heavy atom. The molecule has 21 heavy (non-hydrogen) atoms. The number of rotatable bonds is 7. The van der Waals surface area contributed by atoms with Gasteiger partial charge in [-0.05, 0) is 19.3 Å². The Hall–Kier alpha value is -1.44. The maximum atomic E-state index is 12.1. The Bertz CT molecular complexity index is 471. The number of methoxy groups -OCH3 is 1. The molecule has 0 saturated heterocycles. The first-order chi connectivity index (χ1) is 10.2. The van der Waals surface area contributed by atoms with Gasteiger partial charge in [0.25, 0.3) is 0 Å². The minimum Gasteiger partial charge on any atom is -0.394 e. The zero-order valence-electron chi connectivity index (χ0n) is 12.4. The maximum Gasteiger partial charge on any atom is 0.223 e. The highest BCUT2D eigenvalue weighted by Gasteiger charge is 2.26. The van der Waals surface area contributed by atoms with Crippen molar-refractivity contribution >= 4 is 5.91 Å². The second-order valence-corrected chi connectivity index (χ2v) is 5.30. The lowest BCUT2D eigenvalue weighted by molar-refractivity contribution is -0.124.